The first-order valence-electron chi connectivity index (χ1n) is 32.7. The van der Waals surface area contributed by atoms with Gasteiger partial charge in [0.15, 0.2) is 0 Å². The van der Waals surface area contributed by atoms with E-state index in [0.29, 0.717) is 6.10 Å². The van der Waals surface area contributed by atoms with Crippen LogP contribution < -0.4 is 5.32 Å². The summed E-state index contributed by atoms with van der Waals surface area (Å²) >= 11 is 3.52. The minimum absolute atomic E-state index is 0.0193. The molecule has 2 aliphatic carbocycles. The lowest BCUT2D eigenvalue weighted by atomic mass is 9.79. The van der Waals surface area contributed by atoms with Gasteiger partial charge in [0.05, 0.1) is 24.4 Å². The number of unbranched alkanes of at least 4 members (excludes halogenated alkanes) is 2. The fourth-order valence-electron chi connectivity index (χ4n) is 12.8. The van der Waals surface area contributed by atoms with E-state index in [1.54, 1.807) is 0 Å². The molecule has 0 spiro atoms. The van der Waals surface area contributed by atoms with Crippen LogP contribution in [0.5, 0.6) is 0 Å². The van der Waals surface area contributed by atoms with E-state index in [1.807, 2.05) is 65.8 Å². The molecule has 85 heavy (non-hydrogen) atoms. The van der Waals surface area contributed by atoms with Gasteiger partial charge in [0.2, 0.25) is 0 Å². The van der Waals surface area contributed by atoms with Gasteiger partial charge in [-0.1, -0.05) is 104 Å². The number of benzene rings is 2. The lowest BCUT2D eigenvalue weighted by molar-refractivity contribution is -0.161. The number of aromatic nitrogens is 2. The molecule has 0 saturated carbocycles. The van der Waals surface area contributed by atoms with Crippen molar-refractivity contribution in [1.29, 1.82) is 0 Å². The largest absolute Gasteiger partial charge is 0.459 e. The van der Waals surface area contributed by atoms with Crippen LogP contribution in [0.3, 0.4) is 0 Å². The highest BCUT2D eigenvalue weighted by Crippen LogP contribution is 2.45. The number of pyridine rings is 2. The van der Waals surface area contributed by atoms with Crippen molar-refractivity contribution < 1.29 is 38.0 Å². The number of rotatable bonds is 19. The Bertz CT molecular complexity index is 2750. The van der Waals surface area contributed by atoms with Crippen LogP contribution in [0.4, 0.5) is 0 Å². The molecular weight excluding hydrogens is 1130 g/mol. The number of aryl methyl sites for hydroxylation is 6. The summed E-state index contributed by atoms with van der Waals surface area (Å²) in [6, 6.07) is 24.9. The number of fused-ring (bicyclic) bond motifs is 2. The lowest BCUT2D eigenvalue weighted by Gasteiger charge is -2.38. The first-order valence-corrected chi connectivity index (χ1v) is 33.6. The Morgan fingerprint density at radius 3 is 1.65 bits per heavy atom. The third-order valence-corrected chi connectivity index (χ3v) is 18.4. The minimum Gasteiger partial charge on any atom is -0.459 e. The van der Waals surface area contributed by atoms with Gasteiger partial charge in [0, 0.05) is 68.8 Å². The molecule has 4 aromatic rings. The van der Waals surface area contributed by atoms with Gasteiger partial charge >= 0.3 is 11.9 Å². The molecule has 13 heteroatoms. The fourth-order valence-corrected chi connectivity index (χ4v) is 13.3. The quantitative estimate of drug-likeness (QED) is 0.0545. The van der Waals surface area contributed by atoms with Crippen molar-refractivity contribution in [3.05, 3.63) is 129 Å². The number of nitrogens with zero attached hydrogens (tertiary/aromatic N) is 3. The highest BCUT2D eigenvalue weighted by molar-refractivity contribution is 9.09. The SMILES string of the molecule is CC1(C)CCOC(c2ccccc2C(Br)C(=O)OC(C)(C)C)C1.CC1(C)CCOC(c2ccccc2C(C(=O)OC(C)(C)C)N2CC[C@@H](OCCCCc3ccc4c(n3)CCCC4)C2)C1.c1cc2c(nc1CCCCO[C@@H]1CCNC1)CCCC2. The predicted molar refractivity (Wildman–Crippen MR) is 343 cm³/mol. The molecule has 2 aromatic heterocycles. The molecule has 0 radical (unpaired) electrons. The van der Waals surface area contributed by atoms with Crippen molar-refractivity contribution in [2.75, 3.05) is 52.6 Å². The number of likely N-dealkylation sites (tertiary alicyclic amines) is 1. The van der Waals surface area contributed by atoms with E-state index in [9.17, 15) is 9.59 Å². The Morgan fingerprint density at radius 2 is 1.13 bits per heavy atom. The molecule has 4 fully saturated rings. The lowest BCUT2D eigenvalue weighted by Crippen LogP contribution is -2.39. The van der Waals surface area contributed by atoms with Crippen molar-refractivity contribution in [3.63, 3.8) is 0 Å². The van der Waals surface area contributed by atoms with Crippen LogP contribution in [0.15, 0.2) is 72.8 Å². The summed E-state index contributed by atoms with van der Waals surface area (Å²) in [4.78, 5) is 37.8. The standard InChI is InChI=1S/C36H52N2O4.C19H27BrO3.C17H26N2O/c1-35(2,3)42-34(39)33(30-15-8-7-14-29(30)32-24-36(4,5)20-23-41-32)38-21-19-28(25-38)40-22-11-10-13-27-18-17-26-12-6-9-16-31(26)37-27;1-18(2,3)23-17(21)16(20)14-9-7-6-8-13(14)15-12-19(4,5)10-11-22-15;1-2-7-17-14(5-1)8-9-15(19-17)6-3-4-12-20-16-10-11-18-13-16/h7-8,14-15,17-18,28,32-33H,6,9-13,16,19-25H2,1-5H3;6-9,15-16H,10-12H2,1-5H3;8-9,16,18H,1-7,10-13H2/t28-,32?,33?;;16-/m1.1/s1. The summed E-state index contributed by atoms with van der Waals surface area (Å²) in [5, 5.41) is 3.33. The number of esters is 2. The normalized spacial score (nSPS) is 22.8. The van der Waals surface area contributed by atoms with Crippen LogP contribution in [-0.2, 0) is 76.5 Å². The number of halogens is 1. The molecular formula is C72H105BrN4O8. The van der Waals surface area contributed by atoms with Gasteiger partial charge in [-0.15, -0.1) is 0 Å². The molecule has 6 heterocycles. The Hall–Kier alpha value is -4.08. The van der Waals surface area contributed by atoms with Gasteiger partial charge < -0.3 is 33.7 Å². The second kappa shape index (κ2) is 31.4. The average Bonchev–Trinajstić information content (AvgIpc) is 2.58. The summed E-state index contributed by atoms with van der Waals surface area (Å²) < 4.78 is 36.0. The number of hydrogen-bond acceptors (Lipinski definition) is 12. The summed E-state index contributed by atoms with van der Waals surface area (Å²) in [5.74, 6) is -0.455. The molecule has 4 unspecified atom stereocenters. The van der Waals surface area contributed by atoms with Crippen LogP contribution in [0.1, 0.15) is 238 Å². The van der Waals surface area contributed by atoms with E-state index in [0.717, 1.165) is 145 Å². The zero-order valence-electron chi connectivity index (χ0n) is 53.7. The van der Waals surface area contributed by atoms with Crippen molar-refractivity contribution in [3.8, 4) is 0 Å². The number of carbonyl (C=O) groups excluding carboxylic acids is 2. The van der Waals surface area contributed by atoms with Crippen LogP contribution in [0, 0.1) is 10.8 Å². The van der Waals surface area contributed by atoms with E-state index in [-0.39, 0.29) is 41.1 Å². The summed E-state index contributed by atoms with van der Waals surface area (Å²) in [6.07, 6.45) is 23.1. The smallest absolute Gasteiger partial charge is 0.328 e. The monoisotopic (exact) mass is 1230 g/mol. The van der Waals surface area contributed by atoms with Crippen LogP contribution in [0.25, 0.3) is 0 Å². The van der Waals surface area contributed by atoms with Crippen LogP contribution >= 0.6 is 15.9 Å². The first-order chi connectivity index (χ1) is 40.6. The summed E-state index contributed by atoms with van der Waals surface area (Å²) in [6.45, 7) is 27.4. The molecule has 4 saturated heterocycles. The fraction of sp³-hybridized carbons (Fsp3) is 0.667. The maximum Gasteiger partial charge on any atom is 0.328 e. The zero-order valence-corrected chi connectivity index (χ0v) is 55.3. The van der Waals surface area contributed by atoms with E-state index in [2.05, 4.69) is 102 Å². The molecule has 1 N–H and O–H groups in total. The number of ether oxygens (including phenoxy) is 6. The maximum absolute atomic E-state index is 13.8. The van der Waals surface area contributed by atoms with Crippen molar-refractivity contribution in [1.82, 2.24) is 20.2 Å². The number of hydrogen-bond donors (Lipinski definition) is 1. The van der Waals surface area contributed by atoms with Crippen molar-refractivity contribution in [2.24, 2.45) is 10.8 Å². The average molecular weight is 1230 g/mol. The molecule has 4 aliphatic heterocycles. The van der Waals surface area contributed by atoms with E-state index in [4.69, 9.17) is 38.4 Å². The van der Waals surface area contributed by atoms with Crippen LogP contribution in [0.2, 0.25) is 0 Å². The number of carbonyl (C=O) groups is 2. The van der Waals surface area contributed by atoms with E-state index >= 15 is 0 Å². The molecule has 6 atom stereocenters. The minimum atomic E-state index is -0.559. The van der Waals surface area contributed by atoms with Crippen molar-refractivity contribution >= 4 is 27.9 Å². The summed E-state index contributed by atoms with van der Waals surface area (Å²) in [5.41, 5.74) is 11.6. The second-order valence-electron chi connectivity index (χ2n) is 28.5. The van der Waals surface area contributed by atoms with Gasteiger partial charge in [-0.25, -0.2) is 4.79 Å². The van der Waals surface area contributed by atoms with E-state index < -0.39 is 22.1 Å². The Balaban J connectivity index is 0.000000184. The predicted octanol–water partition coefficient (Wildman–Crippen LogP) is 15.3. The molecule has 6 aliphatic rings. The molecule has 12 nitrogen and oxygen atoms in total. The third kappa shape index (κ3) is 21.0. The van der Waals surface area contributed by atoms with Gasteiger partial charge in [-0.2, -0.15) is 0 Å². The molecule has 0 bridgehead atoms. The second-order valence-corrected chi connectivity index (χ2v) is 29.4. The Labute approximate surface area is 519 Å². The first kappa shape index (κ1) is 66.9. The molecule has 10 rings (SSSR count). The topological polar surface area (TPSA) is 131 Å². The van der Waals surface area contributed by atoms with Crippen molar-refractivity contribution in [2.45, 2.75) is 244 Å². The Kier molecular flexibility index (Phi) is 24.7. The number of nitrogens with one attached hydrogen (secondary N) is 1. The molecule has 0 amide bonds. The highest BCUT2D eigenvalue weighted by Gasteiger charge is 2.40. The highest BCUT2D eigenvalue weighted by atomic mass is 79.9. The van der Waals surface area contributed by atoms with Gasteiger partial charge in [0.25, 0.3) is 0 Å². The Morgan fingerprint density at radius 1 is 0.635 bits per heavy atom. The molecule has 468 valence electrons. The van der Waals surface area contributed by atoms with Gasteiger partial charge in [-0.3, -0.25) is 19.7 Å². The zero-order chi connectivity index (χ0) is 60.6. The number of alkyl halides is 1. The van der Waals surface area contributed by atoms with Crippen LogP contribution in [-0.4, -0.2) is 103 Å². The van der Waals surface area contributed by atoms with Gasteiger partial charge in [-0.05, 0) is 233 Å². The molecule has 2 aromatic carbocycles. The summed E-state index contributed by atoms with van der Waals surface area (Å²) in [7, 11) is 0. The maximum atomic E-state index is 13.8. The third-order valence-electron chi connectivity index (χ3n) is 17.6. The van der Waals surface area contributed by atoms with Gasteiger partial charge in [0.1, 0.15) is 22.1 Å². The van der Waals surface area contributed by atoms with E-state index in [1.165, 1.54) is 91.7 Å².